The molecule has 1 N–H and O–H groups in total. The fourth-order valence-electron chi connectivity index (χ4n) is 4.19. The molecule has 3 rings (SSSR count). The van der Waals surface area contributed by atoms with Crippen LogP contribution < -0.4 is 14.2 Å². The second-order valence-corrected chi connectivity index (χ2v) is 10.1. The zero-order valence-electron chi connectivity index (χ0n) is 23.3. The summed E-state index contributed by atoms with van der Waals surface area (Å²) in [5.74, 6) is 0.558. The molecule has 2 aromatic carbocycles. The van der Waals surface area contributed by atoms with Gasteiger partial charge in [0.25, 0.3) is 11.7 Å². The highest BCUT2D eigenvalue weighted by molar-refractivity contribution is 6.46. The zero-order valence-corrected chi connectivity index (χ0v) is 23.3. The third-order valence-electron chi connectivity index (χ3n) is 6.30. The van der Waals surface area contributed by atoms with Crippen molar-refractivity contribution in [1.82, 2.24) is 9.80 Å². The van der Waals surface area contributed by atoms with Crippen LogP contribution in [0.3, 0.4) is 0 Å². The lowest BCUT2D eigenvalue weighted by atomic mass is 9.95. The zero-order chi connectivity index (χ0) is 27.8. The van der Waals surface area contributed by atoms with E-state index < -0.39 is 17.7 Å². The van der Waals surface area contributed by atoms with E-state index in [1.54, 1.807) is 43.5 Å². The molecule has 1 fully saturated rings. The lowest BCUT2D eigenvalue weighted by Gasteiger charge is -2.27. The Labute approximate surface area is 225 Å². The molecule has 8 nitrogen and oxygen atoms in total. The number of aliphatic hydroxyl groups excluding tert-OH is 1. The summed E-state index contributed by atoms with van der Waals surface area (Å²) in [4.78, 5) is 29.9. The number of Topliss-reactive ketones (excluding diaryl/α,β-unsaturated/α-hetero) is 1. The van der Waals surface area contributed by atoms with E-state index in [1.807, 2.05) is 25.1 Å². The molecule has 1 heterocycles. The van der Waals surface area contributed by atoms with Gasteiger partial charge < -0.3 is 29.1 Å². The van der Waals surface area contributed by atoms with E-state index >= 15 is 0 Å². The second-order valence-electron chi connectivity index (χ2n) is 10.1. The number of nitrogens with zero attached hydrogens (tertiary/aromatic N) is 2. The molecule has 1 amide bonds. The molecule has 0 spiro atoms. The number of hydrogen-bond donors (Lipinski definition) is 1. The van der Waals surface area contributed by atoms with Crippen LogP contribution in [-0.4, -0.2) is 74.1 Å². The molecular formula is C30H40N2O6. The molecular weight excluding hydrogens is 484 g/mol. The van der Waals surface area contributed by atoms with Crippen molar-refractivity contribution in [3.05, 3.63) is 59.2 Å². The van der Waals surface area contributed by atoms with E-state index in [1.165, 1.54) is 4.90 Å². The Morgan fingerprint density at radius 2 is 1.76 bits per heavy atom. The maximum absolute atomic E-state index is 13.3. The van der Waals surface area contributed by atoms with E-state index in [4.69, 9.17) is 14.2 Å². The smallest absolute Gasteiger partial charge is 0.295 e. The number of hydrogen-bond acceptors (Lipinski definition) is 7. The largest absolute Gasteiger partial charge is 0.507 e. The van der Waals surface area contributed by atoms with Crippen molar-refractivity contribution in [3.63, 3.8) is 0 Å². The number of carbonyl (C=O) groups is 2. The van der Waals surface area contributed by atoms with Crippen LogP contribution in [0.2, 0.25) is 0 Å². The number of likely N-dealkylation sites (N-methyl/N-ethyl adjacent to an activating group) is 1. The highest BCUT2D eigenvalue weighted by atomic mass is 16.5. The van der Waals surface area contributed by atoms with E-state index in [9.17, 15) is 14.7 Å². The van der Waals surface area contributed by atoms with E-state index in [0.29, 0.717) is 60.6 Å². The van der Waals surface area contributed by atoms with Gasteiger partial charge in [-0.25, -0.2) is 0 Å². The molecule has 0 aliphatic carbocycles. The van der Waals surface area contributed by atoms with Gasteiger partial charge in [-0.1, -0.05) is 33.3 Å². The number of carbonyl (C=O) groups excluding carboxylic acids is 2. The molecule has 0 saturated carbocycles. The van der Waals surface area contributed by atoms with Crippen LogP contribution in [0.25, 0.3) is 5.76 Å². The van der Waals surface area contributed by atoms with E-state index in [2.05, 4.69) is 20.8 Å². The number of unbranched alkanes of at least 4 members (excludes halogenated alkanes) is 1. The summed E-state index contributed by atoms with van der Waals surface area (Å²) >= 11 is 0. The molecule has 1 aliphatic heterocycles. The summed E-state index contributed by atoms with van der Waals surface area (Å²) in [5, 5.41) is 11.3. The third kappa shape index (κ3) is 6.86. The molecule has 0 bridgehead atoms. The predicted octanol–water partition coefficient (Wildman–Crippen LogP) is 4.89. The van der Waals surface area contributed by atoms with Gasteiger partial charge in [0, 0.05) is 18.7 Å². The Hall–Kier alpha value is -3.52. The molecule has 1 unspecified atom stereocenters. The molecule has 1 aliphatic rings. The Balaban J connectivity index is 2.05. The first-order valence-corrected chi connectivity index (χ1v) is 13.1. The SMILES string of the molecule is CCCCOc1ccc(C2/C(=C(\O)c3ccc(OCC(C)C)cc3)C(=O)C(=O)N2CCN(C)C)cc1OC. The number of likely N-dealkylation sites (tertiary alicyclic amines) is 1. The molecule has 2 aromatic rings. The summed E-state index contributed by atoms with van der Waals surface area (Å²) in [6.45, 7) is 8.22. The van der Waals surface area contributed by atoms with Crippen molar-refractivity contribution < 1.29 is 28.9 Å². The van der Waals surface area contributed by atoms with Crippen LogP contribution in [-0.2, 0) is 9.59 Å². The number of aliphatic hydroxyl groups is 1. The normalized spacial score (nSPS) is 16.9. The number of ketones is 1. The van der Waals surface area contributed by atoms with Crippen molar-refractivity contribution in [2.24, 2.45) is 5.92 Å². The Morgan fingerprint density at radius 3 is 2.37 bits per heavy atom. The van der Waals surface area contributed by atoms with Crippen LogP contribution >= 0.6 is 0 Å². The summed E-state index contributed by atoms with van der Waals surface area (Å²) in [7, 11) is 5.36. The first kappa shape index (κ1) is 29.0. The number of rotatable bonds is 13. The van der Waals surface area contributed by atoms with Gasteiger partial charge in [-0.05, 0) is 68.4 Å². The standard InChI is InChI=1S/C30H40N2O6/c1-7-8-17-37-24-14-11-22(18-25(24)36-6)27-26(29(34)30(35)32(27)16-15-31(4)5)28(33)21-9-12-23(13-10-21)38-19-20(2)3/h9-14,18,20,27,33H,7-8,15-17,19H2,1-6H3/b28-26+. The lowest BCUT2D eigenvalue weighted by Crippen LogP contribution is -2.35. The van der Waals surface area contributed by atoms with E-state index in [0.717, 1.165) is 12.8 Å². The first-order chi connectivity index (χ1) is 18.2. The highest BCUT2D eigenvalue weighted by Crippen LogP contribution is 2.42. The van der Waals surface area contributed by atoms with Crippen molar-refractivity contribution >= 4 is 17.4 Å². The van der Waals surface area contributed by atoms with Crippen molar-refractivity contribution in [1.29, 1.82) is 0 Å². The maximum Gasteiger partial charge on any atom is 0.295 e. The summed E-state index contributed by atoms with van der Waals surface area (Å²) in [5.41, 5.74) is 1.14. The highest BCUT2D eigenvalue weighted by Gasteiger charge is 2.46. The topological polar surface area (TPSA) is 88.5 Å². The quantitative estimate of drug-likeness (QED) is 0.173. The Kier molecular flexibility index (Phi) is 10.2. The van der Waals surface area contributed by atoms with Gasteiger partial charge in [-0.2, -0.15) is 0 Å². The summed E-state index contributed by atoms with van der Waals surface area (Å²) in [6, 6.07) is 11.5. The van der Waals surface area contributed by atoms with Crippen molar-refractivity contribution in [3.8, 4) is 17.2 Å². The van der Waals surface area contributed by atoms with Crippen LogP contribution in [0.1, 0.15) is 50.8 Å². The average molecular weight is 525 g/mol. The van der Waals surface area contributed by atoms with Crippen LogP contribution in [0, 0.1) is 5.92 Å². The van der Waals surface area contributed by atoms with Gasteiger partial charge >= 0.3 is 0 Å². The Bertz CT molecular complexity index is 1140. The summed E-state index contributed by atoms with van der Waals surface area (Å²) in [6.07, 6.45) is 1.92. The molecule has 206 valence electrons. The van der Waals surface area contributed by atoms with Crippen LogP contribution in [0.15, 0.2) is 48.0 Å². The molecule has 1 atom stereocenters. The minimum absolute atomic E-state index is 0.0475. The van der Waals surface area contributed by atoms with Gasteiger partial charge in [0.2, 0.25) is 0 Å². The van der Waals surface area contributed by atoms with Crippen LogP contribution in [0.5, 0.6) is 17.2 Å². The number of amides is 1. The predicted molar refractivity (Wildman–Crippen MR) is 148 cm³/mol. The minimum Gasteiger partial charge on any atom is -0.507 e. The maximum atomic E-state index is 13.3. The third-order valence-corrected chi connectivity index (χ3v) is 6.30. The monoisotopic (exact) mass is 524 g/mol. The lowest BCUT2D eigenvalue weighted by molar-refractivity contribution is -0.140. The average Bonchev–Trinajstić information content (AvgIpc) is 3.15. The van der Waals surface area contributed by atoms with Crippen LogP contribution in [0.4, 0.5) is 0 Å². The summed E-state index contributed by atoms with van der Waals surface area (Å²) < 4.78 is 17.2. The number of benzene rings is 2. The second kappa shape index (κ2) is 13.3. The molecule has 1 saturated heterocycles. The minimum atomic E-state index is -0.773. The molecule has 0 radical (unpaired) electrons. The fraction of sp³-hybridized carbons (Fsp3) is 0.467. The fourth-order valence-corrected chi connectivity index (χ4v) is 4.19. The van der Waals surface area contributed by atoms with Gasteiger partial charge in [-0.3, -0.25) is 9.59 Å². The number of methoxy groups -OCH3 is 1. The Morgan fingerprint density at radius 1 is 1.05 bits per heavy atom. The van der Waals surface area contributed by atoms with Gasteiger partial charge in [0.05, 0.1) is 31.9 Å². The van der Waals surface area contributed by atoms with Gasteiger partial charge in [0.15, 0.2) is 11.5 Å². The number of ether oxygens (including phenoxy) is 3. The molecule has 0 aromatic heterocycles. The van der Waals surface area contributed by atoms with Gasteiger partial charge in [-0.15, -0.1) is 0 Å². The van der Waals surface area contributed by atoms with E-state index in [-0.39, 0.29) is 11.3 Å². The first-order valence-electron chi connectivity index (χ1n) is 13.1. The van der Waals surface area contributed by atoms with Gasteiger partial charge in [0.1, 0.15) is 11.5 Å². The molecule has 38 heavy (non-hydrogen) atoms. The van der Waals surface area contributed by atoms with Crippen molar-refractivity contribution in [2.45, 2.75) is 39.7 Å². The van der Waals surface area contributed by atoms with Crippen molar-refractivity contribution in [2.75, 3.05) is 47.5 Å². The molecule has 8 heteroatoms.